The second-order valence-electron chi connectivity index (χ2n) is 9.86. The molecule has 1 fully saturated rings. The van der Waals surface area contributed by atoms with Gasteiger partial charge >= 0.3 is 5.91 Å². The molecule has 4 aromatic rings. The number of hydrogen-bond acceptors (Lipinski definition) is 6. The van der Waals surface area contributed by atoms with Crippen LogP contribution in [0.4, 0.5) is 5.95 Å². The van der Waals surface area contributed by atoms with Crippen LogP contribution in [-0.4, -0.2) is 33.9 Å². The van der Waals surface area contributed by atoms with E-state index in [0.29, 0.717) is 33.9 Å². The SMILES string of the molecule is COc1ccc(C(C)(C)C)cc1/C(O)=C1\C(=O)C(=O)N(c2nc3ccccc3[nH]2)C1c1ccc(C)o1. The van der Waals surface area contributed by atoms with E-state index in [9.17, 15) is 14.7 Å². The van der Waals surface area contributed by atoms with Crippen LogP contribution in [0.1, 0.15) is 49.5 Å². The van der Waals surface area contributed by atoms with Crippen LogP contribution in [0.15, 0.2) is 64.6 Å². The number of amides is 1. The van der Waals surface area contributed by atoms with Gasteiger partial charge in [-0.1, -0.05) is 39.0 Å². The first-order valence-electron chi connectivity index (χ1n) is 11.6. The number of ether oxygens (including phenoxy) is 1. The van der Waals surface area contributed by atoms with Crippen LogP contribution >= 0.6 is 0 Å². The maximum absolute atomic E-state index is 13.5. The maximum atomic E-state index is 13.5. The standard InChI is InChI=1S/C28H27N3O5/c1-15-10-12-21(36-15)23-22(24(32)17-14-16(28(2,3)4)11-13-20(17)35-5)25(33)26(34)31(23)27-29-18-8-6-7-9-19(18)30-27/h6-14,23,32H,1-5H3,(H,29,30)/b24-22+. The van der Waals surface area contributed by atoms with Crippen molar-refractivity contribution >= 4 is 34.4 Å². The molecule has 8 nitrogen and oxygen atoms in total. The molecule has 184 valence electrons. The Kier molecular flexibility index (Phi) is 5.47. The molecule has 36 heavy (non-hydrogen) atoms. The highest BCUT2D eigenvalue weighted by Gasteiger charge is 2.50. The summed E-state index contributed by atoms with van der Waals surface area (Å²) in [4.78, 5) is 35.8. The number of para-hydroxylation sites is 2. The van der Waals surface area contributed by atoms with Gasteiger partial charge in [0, 0.05) is 0 Å². The highest BCUT2D eigenvalue weighted by Crippen LogP contribution is 2.44. The third-order valence-corrected chi connectivity index (χ3v) is 6.40. The van der Waals surface area contributed by atoms with Crippen molar-refractivity contribution in [2.24, 2.45) is 0 Å². The molecule has 1 atom stereocenters. The number of aryl methyl sites for hydroxylation is 1. The third kappa shape index (κ3) is 3.75. The minimum absolute atomic E-state index is 0.0980. The lowest BCUT2D eigenvalue weighted by atomic mass is 9.85. The van der Waals surface area contributed by atoms with Gasteiger partial charge in [0.25, 0.3) is 5.78 Å². The van der Waals surface area contributed by atoms with Crippen LogP contribution < -0.4 is 9.64 Å². The number of furan rings is 1. The summed E-state index contributed by atoms with van der Waals surface area (Å²) in [6.45, 7) is 7.91. The first kappa shape index (κ1) is 23.4. The Morgan fingerprint density at radius 2 is 1.86 bits per heavy atom. The Morgan fingerprint density at radius 1 is 1.11 bits per heavy atom. The summed E-state index contributed by atoms with van der Waals surface area (Å²) >= 11 is 0. The number of carbonyl (C=O) groups is 2. The number of benzene rings is 2. The van der Waals surface area contributed by atoms with Crippen LogP contribution in [0.3, 0.4) is 0 Å². The smallest absolute Gasteiger partial charge is 0.302 e. The van der Waals surface area contributed by atoms with E-state index in [0.717, 1.165) is 5.56 Å². The van der Waals surface area contributed by atoms with Crippen molar-refractivity contribution in [1.82, 2.24) is 9.97 Å². The van der Waals surface area contributed by atoms with Gasteiger partial charge in [-0.2, -0.15) is 0 Å². The fourth-order valence-electron chi connectivity index (χ4n) is 4.48. The number of aliphatic hydroxyl groups excluding tert-OH is 1. The molecule has 0 bridgehead atoms. The molecule has 0 spiro atoms. The highest BCUT2D eigenvalue weighted by molar-refractivity contribution is 6.51. The molecule has 0 radical (unpaired) electrons. The van der Waals surface area contributed by atoms with Gasteiger partial charge in [0.15, 0.2) is 0 Å². The van der Waals surface area contributed by atoms with E-state index in [2.05, 4.69) is 9.97 Å². The molecule has 5 rings (SSSR count). The first-order valence-corrected chi connectivity index (χ1v) is 11.6. The molecule has 3 heterocycles. The predicted octanol–water partition coefficient (Wildman–Crippen LogP) is 5.40. The molecule has 0 aliphatic carbocycles. The van der Waals surface area contributed by atoms with Gasteiger partial charge in [-0.05, 0) is 54.3 Å². The lowest BCUT2D eigenvalue weighted by Crippen LogP contribution is -2.30. The Bertz CT molecular complexity index is 1500. The van der Waals surface area contributed by atoms with Gasteiger partial charge in [0.2, 0.25) is 5.95 Å². The number of hydrogen-bond donors (Lipinski definition) is 2. The number of anilines is 1. The molecule has 1 saturated heterocycles. The molecular weight excluding hydrogens is 458 g/mol. The molecular formula is C28H27N3O5. The monoisotopic (exact) mass is 485 g/mol. The lowest BCUT2D eigenvalue weighted by molar-refractivity contribution is -0.132. The van der Waals surface area contributed by atoms with Crippen LogP contribution in [-0.2, 0) is 15.0 Å². The van der Waals surface area contributed by atoms with E-state index in [-0.39, 0.29) is 22.7 Å². The van der Waals surface area contributed by atoms with E-state index >= 15 is 0 Å². The number of H-pyrrole nitrogens is 1. The van der Waals surface area contributed by atoms with Gasteiger partial charge in [-0.3, -0.25) is 14.5 Å². The molecule has 2 aromatic heterocycles. The predicted molar refractivity (Wildman–Crippen MR) is 136 cm³/mol. The average Bonchev–Trinajstić information content (AvgIpc) is 3.53. The van der Waals surface area contributed by atoms with E-state index < -0.39 is 17.7 Å². The number of Topliss-reactive ketones (excluding diaryl/α,β-unsaturated/α-hetero) is 1. The van der Waals surface area contributed by atoms with Gasteiger partial charge in [-0.15, -0.1) is 0 Å². The average molecular weight is 486 g/mol. The van der Waals surface area contributed by atoms with E-state index in [1.807, 2.05) is 45.0 Å². The Morgan fingerprint density at radius 3 is 2.50 bits per heavy atom. The summed E-state index contributed by atoms with van der Waals surface area (Å²) in [7, 11) is 1.49. The number of aromatic nitrogens is 2. The molecule has 0 saturated carbocycles. The summed E-state index contributed by atoms with van der Waals surface area (Å²) in [6, 6.07) is 15.2. The number of nitrogens with one attached hydrogen (secondary N) is 1. The minimum atomic E-state index is -1.03. The van der Waals surface area contributed by atoms with Crippen LogP contribution in [0.5, 0.6) is 5.75 Å². The van der Waals surface area contributed by atoms with E-state index in [1.54, 1.807) is 37.3 Å². The number of imidazole rings is 1. The molecule has 1 aliphatic heterocycles. The topological polar surface area (TPSA) is 109 Å². The Labute approximate surface area is 208 Å². The molecule has 1 unspecified atom stereocenters. The van der Waals surface area contributed by atoms with Crippen molar-refractivity contribution in [3.63, 3.8) is 0 Å². The third-order valence-electron chi connectivity index (χ3n) is 6.40. The van der Waals surface area contributed by atoms with Crippen molar-refractivity contribution in [1.29, 1.82) is 0 Å². The summed E-state index contributed by atoms with van der Waals surface area (Å²) in [5, 5.41) is 11.6. The van der Waals surface area contributed by atoms with Crippen molar-refractivity contribution < 1.29 is 23.8 Å². The largest absolute Gasteiger partial charge is 0.507 e. The zero-order valence-corrected chi connectivity index (χ0v) is 20.7. The van der Waals surface area contributed by atoms with Gasteiger partial charge in [-0.25, -0.2) is 4.98 Å². The van der Waals surface area contributed by atoms with Gasteiger partial charge < -0.3 is 19.2 Å². The van der Waals surface area contributed by atoms with Crippen molar-refractivity contribution in [2.45, 2.75) is 39.2 Å². The second kappa shape index (κ2) is 8.41. The molecule has 2 N–H and O–H groups in total. The van der Waals surface area contributed by atoms with Gasteiger partial charge in [0.1, 0.15) is 29.1 Å². The van der Waals surface area contributed by atoms with Crippen molar-refractivity contribution in [3.05, 3.63) is 82.8 Å². The van der Waals surface area contributed by atoms with Crippen LogP contribution in [0.25, 0.3) is 16.8 Å². The summed E-state index contributed by atoms with van der Waals surface area (Å²) in [5.74, 6) is -0.492. The zero-order valence-electron chi connectivity index (χ0n) is 20.7. The van der Waals surface area contributed by atoms with Crippen LogP contribution in [0, 0.1) is 6.92 Å². The highest BCUT2D eigenvalue weighted by atomic mass is 16.5. The quantitative estimate of drug-likeness (QED) is 0.228. The molecule has 1 aliphatic rings. The van der Waals surface area contributed by atoms with E-state index in [1.165, 1.54) is 12.0 Å². The number of aromatic amines is 1. The van der Waals surface area contributed by atoms with Crippen molar-refractivity contribution in [3.8, 4) is 5.75 Å². The summed E-state index contributed by atoms with van der Waals surface area (Å²) in [5.41, 5.74) is 2.28. The second-order valence-corrected chi connectivity index (χ2v) is 9.86. The fraction of sp³-hybridized carbons (Fsp3) is 0.250. The van der Waals surface area contributed by atoms with Crippen LogP contribution in [0.2, 0.25) is 0 Å². The molecule has 1 amide bonds. The van der Waals surface area contributed by atoms with E-state index in [4.69, 9.17) is 9.15 Å². The summed E-state index contributed by atoms with van der Waals surface area (Å²) in [6.07, 6.45) is 0. The summed E-state index contributed by atoms with van der Waals surface area (Å²) < 4.78 is 11.4. The number of ketones is 1. The van der Waals surface area contributed by atoms with Gasteiger partial charge in [0.05, 0.1) is 29.3 Å². The fourth-order valence-corrected chi connectivity index (χ4v) is 4.48. The number of methoxy groups -OCH3 is 1. The number of carbonyl (C=O) groups excluding carboxylic acids is 2. The number of aliphatic hydroxyl groups is 1. The Hall–Kier alpha value is -4.33. The maximum Gasteiger partial charge on any atom is 0.302 e. The number of fused-ring (bicyclic) bond motifs is 1. The number of nitrogens with zero attached hydrogens (tertiary/aromatic N) is 2. The Balaban J connectivity index is 1.75. The zero-order chi connectivity index (χ0) is 25.8. The van der Waals surface area contributed by atoms with Crippen molar-refractivity contribution in [2.75, 3.05) is 12.0 Å². The normalized spacial score (nSPS) is 17.8. The number of rotatable bonds is 4. The molecule has 2 aromatic carbocycles. The lowest BCUT2D eigenvalue weighted by Gasteiger charge is -2.23. The first-order chi connectivity index (χ1) is 17.1. The molecule has 8 heteroatoms. The minimum Gasteiger partial charge on any atom is -0.507 e.